The molecule has 0 atom stereocenters. The van der Waals surface area contributed by atoms with Crippen LogP contribution in [0.15, 0.2) is 30.6 Å². The summed E-state index contributed by atoms with van der Waals surface area (Å²) in [6.07, 6.45) is 2.03. The first-order valence-electron chi connectivity index (χ1n) is 8.17. The minimum atomic E-state index is -1.11. The molecule has 1 amide bonds. The third-order valence-electron chi connectivity index (χ3n) is 3.91. The summed E-state index contributed by atoms with van der Waals surface area (Å²) in [4.78, 5) is 17.0. The molecule has 0 radical (unpaired) electrons. The van der Waals surface area contributed by atoms with Gasteiger partial charge in [-0.2, -0.15) is 0 Å². The van der Waals surface area contributed by atoms with E-state index in [-0.39, 0.29) is 12.0 Å². The van der Waals surface area contributed by atoms with Crippen LogP contribution in [0.3, 0.4) is 0 Å². The predicted molar refractivity (Wildman–Crippen MR) is 99.3 cm³/mol. The topological polar surface area (TPSA) is 114 Å². The van der Waals surface area contributed by atoms with Crippen molar-refractivity contribution in [2.45, 2.75) is 19.9 Å². The average molecular weight is 372 g/mol. The van der Waals surface area contributed by atoms with Gasteiger partial charge < -0.3 is 19.9 Å². The number of anilines is 3. The van der Waals surface area contributed by atoms with Crippen molar-refractivity contribution in [1.82, 2.24) is 19.6 Å². The Kier molecular flexibility index (Phi) is 4.97. The molecule has 0 aliphatic rings. The number of aromatic nitrogens is 4. The van der Waals surface area contributed by atoms with Gasteiger partial charge in [0.2, 0.25) is 11.6 Å². The SMILES string of the molecule is COc1ccc(OC)c(Nc2nccn3c(N(C(=O)O)C(C)C)nnc23)c1. The zero-order chi connectivity index (χ0) is 19.6. The van der Waals surface area contributed by atoms with Crippen molar-refractivity contribution < 1.29 is 19.4 Å². The summed E-state index contributed by atoms with van der Waals surface area (Å²) in [7, 11) is 3.13. The van der Waals surface area contributed by atoms with Gasteiger partial charge in [0.25, 0.3) is 0 Å². The van der Waals surface area contributed by atoms with Crippen LogP contribution < -0.4 is 19.7 Å². The fourth-order valence-electron chi connectivity index (χ4n) is 2.64. The first-order chi connectivity index (χ1) is 13.0. The van der Waals surface area contributed by atoms with Crippen molar-refractivity contribution >= 4 is 29.2 Å². The van der Waals surface area contributed by atoms with E-state index < -0.39 is 6.09 Å². The fourth-order valence-corrected chi connectivity index (χ4v) is 2.64. The molecule has 0 aliphatic carbocycles. The van der Waals surface area contributed by atoms with E-state index in [1.165, 1.54) is 6.20 Å². The molecule has 142 valence electrons. The molecule has 27 heavy (non-hydrogen) atoms. The smallest absolute Gasteiger partial charge is 0.414 e. The first kappa shape index (κ1) is 18.2. The molecule has 2 heterocycles. The molecule has 3 rings (SSSR count). The minimum absolute atomic E-state index is 0.190. The van der Waals surface area contributed by atoms with Gasteiger partial charge in [-0.15, -0.1) is 10.2 Å². The second-order valence-electron chi connectivity index (χ2n) is 5.91. The number of fused-ring (bicyclic) bond motifs is 1. The highest BCUT2D eigenvalue weighted by molar-refractivity contribution is 5.85. The standard InChI is InChI=1S/C17H20N6O4/c1-10(2)23(17(24)25)16-21-20-15-14(18-7-8-22(15)16)19-12-9-11(26-3)5-6-13(12)27-4/h5-10H,1-4H3,(H,18,19)(H,24,25). The average Bonchev–Trinajstić information content (AvgIpc) is 3.06. The van der Waals surface area contributed by atoms with Gasteiger partial charge in [0.15, 0.2) is 5.82 Å². The molecule has 0 saturated carbocycles. The van der Waals surface area contributed by atoms with E-state index in [1.54, 1.807) is 56.9 Å². The van der Waals surface area contributed by atoms with Crippen molar-refractivity contribution in [3.63, 3.8) is 0 Å². The zero-order valence-corrected chi connectivity index (χ0v) is 15.4. The third kappa shape index (κ3) is 3.41. The second kappa shape index (κ2) is 7.36. The van der Waals surface area contributed by atoms with E-state index in [9.17, 15) is 9.90 Å². The number of methoxy groups -OCH3 is 2. The van der Waals surface area contributed by atoms with E-state index in [4.69, 9.17) is 9.47 Å². The van der Waals surface area contributed by atoms with Crippen LogP contribution in [0.4, 0.5) is 22.2 Å². The normalized spacial score (nSPS) is 10.9. The van der Waals surface area contributed by atoms with Crippen LogP contribution in [0.25, 0.3) is 5.65 Å². The number of benzene rings is 1. The number of carbonyl (C=O) groups is 1. The lowest BCUT2D eigenvalue weighted by molar-refractivity contribution is 0.199. The molecular weight excluding hydrogens is 352 g/mol. The van der Waals surface area contributed by atoms with Crippen LogP contribution in [0, 0.1) is 0 Å². The van der Waals surface area contributed by atoms with Crippen molar-refractivity contribution in [2.75, 3.05) is 24.4 Å². The number of hydrogen-bond acceptors (Lipinski definition) is 7. The van der Waals surface area contributed by atoms with Gasteiger partial charge in [0, 0.05) is 24.5 Å². The number of rotatable bonds is 6. The summed E-state index contributed by atoms with van der Waals surface area (Å²) >= 11 is 0. The molecule has 0 spiro atoms. The number of nitrogens with one attached hydrogen (secondary N) is 1. The van der Waals surface area contributed by atoms with Crippen molar-refractivity contribution in [3.8, 4) is 11.5 Å². The summed E-state index contributed by atoms with van der Waals surface area (Å²) in [6, 6.07) is 5.00. The predicted octanol–water partition coefficient (Wildman–Crippen LogP) is 2.78. The van der Waals surface area contributed by atoms with Gasteiger partial charge in [-0.1, -0.05) is 0 Å². The Bertz CT molecular complexity index is 971. The summed E-state index contributed by atoms with van der Waals surface area (Å²) in [6.45, 7) is 3.52. The summed E-state index contributed by atoms with van der Waals surface area (Å²) < 4.78 is 12.2. The van der Waals surface area contributed by atoms with Crippen LogP contribution in [0.5, 0.6) is 11.5 Å². The molecule has 0 unspecified atom stereocenters. The van der Waals surface area contributed by atoms with E-state index >= 15 is 0 Å². The monoisotopic (exact) mass is 372 g/mol. The molecular formula is C17H20N6O4. The summed E-state index contributed by atoms with van der Waals surface area (Å²) in [5.74, 6) is 1.82. The van der Waals surface area contributed by atoms with Crippen LogP contribution in [-0.2, 0) is 0 Å². The van der Waals surface area contributed by atoms with Crippen molar-refractivity contribution in [1.29, 1.82) is 0 Å². The Morgan fingerprint density at radius 1 is 1.26 bits per heavy atom. The Hall–Kier alpha value is -3.56. The van der Waals surface area contributed by atoms with Crippen molar-refractivity contribution in [2.24, 2.45) is 0 Å². The summed E-state index contributed by atoms with van der Waals surface area (Å²) in [5, 5.41) is 20.8. The number of carboxylic acid groups (broad SMARTS) is 1. The van der Waals surface area contributed by atoms with E-state index in [0.717, 1.165) is 4.90 Å². The lowest BCUT2D eigenvalue weighted by atomic mass is 10.2. The molecule has 10 heteroatoms. The van der Waals surface area contributed by atoms with Crippen molar-refractivity contribution in [3.05, 3.63) is 30.6 Å². The number of ether oxygens (including phenoxy) is 2. The fraction of sp³-hybridized carbons (Fsp3) is 0.294. The number of nitrogens with zero attached hydrogens (tertiary/aromatic N) is 5. The van der Waals surface area contributed by atoms with Gasteiger partial charge in [-0.25, -0.2) is 14.7 Å². The van der Waals surface area contributed by atoms with Gasteiger partial charge in [0.05, 0.1) is 19.9 Å². The molecule has 0 fully saturated rings. The van der Waals surface area contributed by atoms with Crippen LogP contribution in [0.2, 0.25) is 0 Å². The first-order valence-corrected chi connectivity index (χ1v) is 8.17. The maximum Gasteiger partial charge on any atom is 0.414 e. The number of amides is 1. The molecule has 2 N–H and O–H groups in total. The van der Waals surface area contributed by atoms with E-state index in [0.29, 0.717) is 28.7 Å². The lowest BCUT2D eigenvalue weighted by Crippen LogP contribution is -2.37. The Balaban J connectivity index is 2.06. The zero-order valence-electron chi connectivity index (χ0n) is 15.4. The molecule has 0 aliphatic heterocycles. The van der Waals surface area contributed by atoms with E-state index in [2.05, 4.69) is 20.5 Å². The molecule has 10 nitrogen and oxygen atoms in total. The highest BCUT2D eigenvalue weighted by atomic mass is 16.5. The van der Waals surface area contributed by atoms with Gasteiger partial charge >= 0.3 is 6.09 Å². The largest absolute Gasteiger partial charge is 0.497 e. The third-order valence-corrected chi connectivity index (χ3v) is 3.91. The molecule has 1 aromatic carbocycles. The Morgan fingerprint density at radius 3 is 2.67 bits per heavy atom. The van der Waals surface area contributed by atoms with Crippen LogP contribution in [-0.4, -0.2) is 51.0 Å². The highest BCUT2D eigenvalue weighted by Gasteiger charge is 2.24. The quantitative estimate of drug-likeness (QED) is 0.679. The molecule has 0 saturated heterocycles. The van der Waals surface area contributed by atoms with Crippen LogP contribution in [0.1, 0.15) is 13.8 Å². The lowest BCUT2D eigenvalue weighted by Gasteiger charge is -2.20. The Morgan fingerprint density at radius 2 is 2.04 bits per heavy atom. The Labute approximate surface area is 155 Å². The minimum Gasteiger partial charge on any atom is -0.497 e. The summed E-state index contributed by atoms with van der Waals surface area (Å²) in [5.41, 5.74) is 1.00. The van der Waals surface area contributed by atoms with Gasteiger partial charge in [-0.3, -0.25) is 4.40 Å². The maximum atomic E-state index is 11.6. The highest BCUT2D eigenvalue weighted by Crippen LogP contribution is 2.32. The maximum absolute atomic E-state index is 11.6. The number of hydrogen-bond donors (Lipinski definition) is 2. The van der Waals surface area contributed by atoms with Gasteiger partial charge in [-0.05, 0) is 26.0 Å². The van der Waals surface area contributed by atoms with Crippen LogP contribution >= 0.6 is 0 Å². The van der Waals surface area contributed by atoms with E-state index in [1.807, 2.05) is 0 Å². The molecule has 2 aromatic heterocycles. The van der Waals surface area contributed by atoms with Gasteiger partial charge in [0.1, 0.15) is 11.5 Å². The second-order valence-corrected chi connectivity index (χ2v) is 5.91. The molecule has 0 bridgehead atoms. The molecule has 3 aromatic rings.